The minimum Gasteiger partial charge on any atom is -0.368 e. The normalized spacial score (nSPS) is 25.3. The van der Waals surface area contributed by atoms with Crippen LogP contribution in [-0.4, -0.2) is 53.6 Å². The molecule has 0 spiro atoms. The molecule has 7 nitrogen and oxygen atoms in total. The number of rotatable bonds is 10. The summed E-state index contributed by atoms with van der Waals surface area (Å²) in [7, 11) is -3.48. The summed E-state index contributed by atoms with van der Waals surface area (Å²) >= 11 is 12.6. The summed E-state index contributed by atoms with van der Waals surface area (Å²) in [5.74, 6) is -0.595. The lowest BCUT2D eigenvalue weighted by Crippen LogP contribution is -2.59. The van der Waals surface area contributed by atoms with E-state index >= 15 is 0 Å². The van der Waals surface area contributed by atoms with Gasteiger partial charge in [0.2, 0.25) is 15.9 Å². The molecule has 4 atom stereocenters. The average Bonchev–Trinajstić information content (AvgIpc) is 3.68. The van der Waals surface area contributed by atoms with Crippen LogP contribution >= 0.6 is 23.2 Å². The van der Waals surface area contributed by atoms with Gasteiger partial charge in [0.05, 0.1) is 16.7 Å². The van der Waals surface area contributed by atoms with E-state index in [0.717, 1.165) is 11.1 Å². The van der Waals surface area contributed by atoms with E-state index in [2.05, 4.69) is 4.72 Å². The summed E-state index contributed by atoms with van der Waals surface area (Å²) in [6, 6.07) is 13.9. The monoisotopic (exact) mass is 582 g/mol. The highest BCUT2D eigenvalue weighted by molar-refractivity contribution is 7.90. The van der Waals surface area contributed by atoms with Crippen molar-refractivity contribution in [1.29, 1.82) is 0 Å². The fourth-order valence-corrected chi connectivity index (χ4v) is 7.41. The molecule has 1 amide bonds. The number of hydrogen-bond donors (Lipinski definition) is 3. The van der Waals surface area contributed by atoms with Crippen LogP contribution in [0.2, 0.25) is 10.0 Å². The maximum Gasteiger partial charge on any atom is 0.229 e. The number of sulfonamides is 1. The summed E-state index contributed by atoms with van der Waals surface area (Å²) in [4.78, 5) is 16.1. The molecule has 2 aliphatic rings. The highest BCUT2D eigenvalue weighted by Crippen LogP contribution is 2.52. The topological polar surface area (TPSA) is 107 Å². The molecule has 2 aromatic carbocycles. The molecule has 1 saturated heterocycles. The summed E-state index contributed by atoms with van der Waals surface area (Å²) < 4.78 is 28.3. The van der Waals surface area contributed by atoms with Gasteiger partial charge in [-0.1, -0.05) is 68.2 Å². The molecule has 0 radical (unpaired) electrons. The fourth-order valence-electron chi connectivity index (χ4n) is 5.69. The molecule has 1 aliphatic carbocycles. The number of amides is 1. The highest BCUT2D eigenvalue weighted by Gasteiger charge is 2.52. The molecule has 3 N–H and O–H groups in total. The van der Waals surface area contributed by atoms with Gasteiger partial charge in [0.25, 0.3) is 0 Å². The van der Waals surface area contributed by atoms with Crippen molar-refractivity contribution in [2.45, 2.75) is 76.0 Å². The fraction of sp³-hybridized carbons (Fsp3) is 0.536. The van der Waals surface area contributed by atoms with Crippen molar-refractivity contribution < 1.29 is 23.4 Å². The average molecular weight is 584 g/mol. The molecule has 1 saturated carbocycles. The molecular formula is C28H36Cl2N2O5S. The molecule has 10 heteroatoms. The standard InChI is InChI=1S/C28H36Cl2N2O5S/c1-17(2)24(16-31-38(36,37)22-11-12-22)32-26(18-7-9-20(29)10-8-18)23(19-5-4-6-21(30)13-19)14-28(3,27(32)35)15-25(33)34/h4-10,13,17,22-26,31,33-34H,11-12,14-16H2,1-3H3. The third-order valence-corrected chi connectivity index (χ3v) is 10.2. The first kappa shape index (κ1) is 29.3. The molecule has 208 valence electrons. The zero-order valence-corrected chi connectivity index (χ0v) is 24.2. The van der Waals surface area contributed by atoms with E-state index < -0.39 is 33.8 Å². The van der Waals surface area contributed by atoms with Crippen molar-refractivity contribution in [3.05, 3.63) is 69.7 Å². The lowest BCUT2D eigenvalue weighted by atomic mass is 9.66. The second-order valence-electron chi connectivity index (χ2n) is 11.2. The first-order valence-electron chi connectivity index (χ1n) is 13.0. The smallest absolute Gasteiger partial charge is 0.229 e. The third kappa shape index (κ3) is 6.37. The van der Waals surface area contributed by atoms with Gasteiger partial charge in [-0.05, 0) is 60.6 Å². The van der Waals surface area contributed by atoms with Crippen LogP contribution in [0.15, 0.2) is 48.5 Å². The number of piperidine rings is 1. The number of carbonyl (C=O) groups excluding carboxylic acids is 1. The summed E-state index contributed by atoms with van der Waals surface area (Å²) in [5.41, 5.74) is 0.664. The van der Waals surface area contributed by atoms with Gasteiger partial charge in [0.15, 0.2) is 6.29 Å². The van der Waals surface area contributed by atoms with Gasteiger partial charge < -0.3 is 15.1 Å². The van der Waals surface area contributed by atoms with Crippen LogP contribution < -0.4 is 4.72 Å². The Morgan fingerprint density at radius 3 is 2.26 bits per heavy atom. The molecule has 2 fully saturated rings. The minimum absolute atomic E-state index is 0.0619. The van der Waals surface area contributed by atoms with Gasteiger partial charge >= 0.3 is 0 Å². The van der Waals surface area contributed by atoms with Crippen LogP contribution in [0, 0.1) is 11.3 Å². The number of likely N-dealkylation sites (tertiary alicyclic amines) is 1. The summed E-state index contributed by atoms with van der Waals surface area (Å²) in [6.07, 6.45) is -0.191. The quantitative estimate of drug-likeness (QED) is 0.347. The maximum atomic E-state index is 14.4. The van der Waals surface area contributed by atoms with Crippen molar-refractivity contribution in [1.82, 2.24) is 9.62 Å². The lowest BCUT2D eigenvalue weighted by molar-refractivity contribution is -0.164. The van der Waals surface area contributed by atoms with Gasteiger partial charge in [0.1, 0.15) is 0 Å². The Morgan fingerprint density at radius 1 is 1.05 bits per heavy atom. The van der Waals surface area contributed by atoms with E-state index in [1.807, 2.05) is 44.2 Å². The highest BCUT2D eigenvalue weighted by atomic mass is 35.5. The SMILES string of the molecule is CC(C)C(CNS(=O)(=O)C1CC1)N1C(=O)C(C)(CC(O)O)CC(c2cccc(Cl)c2)C1c1ccc(Cl)cc1. The van der Waals surface area contributed by atoms with E-state index in [1.165, 1.54) is 0 Å². The number of benzene rings is 2. The second kappa shape index (κ2) is 11.4. The molecule has 0 bridgehead atoms. The van der Waals surface area contributed by atoms with Gasteiger partial charge in [-0.25, -0.2) is 13.1 Å². The Labute approximate surface area is 235 Å². The number of nitrogens with one attached hydrogen (secondary N) is 1. The summed E-state index contributed by atoms with van der Waals surface area (Å²) in [5, 5.41) is 20.7. The van der Waals surface area contributed by atoms with Crippen molar-refractivity contribution in [2.75, 3.05) is 6.54 Å². The number of aliphatic hydroxyl groups is 2. The lowest BCUT2D eigenvalue weighted by Gasteiger charge is -2.53. The van der Waals surface area contributed by atoms with Crippen molar-refractivity contribution >= 4 is 39.1 Å². The van der Waals surface area contributed by atoms with Crippen LogP contribution in [-0.2, 0) is 14.8 Å². The molecular weight excluding hydrogens is 547 g/mol. The van der Waals surface area contributed by atoms with Crippen LogP contribution in [0.1, 0.15) is 69.5 Å². The van der Waals surface area contributed by atoms with Gasteiger partial charge in [-0.2, -0.15) is 0 Å². The molecule has 0 aromatic heterocycles. The van der Waals surface area contributed by atoms with Gasteiger partial charge in [-0.3, -0.25) is 4.79 Å². The number of halogens is 2. The second-order valence-corrected chi connectivity index (χ2v) is 14.1. The van der Waals surface area contributed by atoms with Crippen LogP contribution in [0.4, 0.5) is 0 Å². The third-order valence-electron chi connectivity index (χ3n) is 7.81. The molecule has 38 heavy (non-hydrogen) atoms. The Bertz CT molecular complexity index is 1250. The predicted octanol–water partition coefficient (Wildman–Crippen LogP) is 4.86. The largest absolute Gasteiger partial charge is 0.368 e. The zero-order chi connectivity index (χ0) is 27.8. The Morgan fingerprint density at radius 2 is 1.71 bits per heavy atom. The van der Waals surface area contributed by atoms with Crippen molar-refractivity contribution in [3.8, 4) is 0 Å². The van der Waals surface area contributed by atoms with E-state index in [-0.39, 0.29) is 36.0 Å². The Kier molecular flexibility index (Phi) is 8.82. The Hall–Kier alpha value is -1.68. The zero-order valence-electron chi connectivity index (χ0n) is 21.8. The maximum absolute atomic E-state index is 14.4. The Balaban J connectivity index is 1.86. The minimum atomic E-state index is -3.48. The van der Waals surface area contributed by atoms with E-state index in [1.54, 1.807) is 30.0 Å². The first-order chi connectivity index (χ1) is 17.8. The number of hydrogen-bond acceptors (Lipinski definition) is 5. The van der Waals surface area contributed by atoms with E-state index in [0.29, 0.717) is 29.3 Å². The van der Waals surface area contributed by atoms with Gasteiger partial charge in [0, 0.05) is 35.0 Å². The first-order valence-corrected chi connectivity index (χ1v) is 15.3. The van der Waals surface area contributed by atoms with Crippen molar-refractivity contribution in [3.63, 3.8) is 0 Å². The molecule has 4 rings (SSSR count). The van der Waals surface area contributed by atoms with Crippen molar-refractivity contribution in [2.24, 2.45) is 11.3 Å². The number of aliphatic hydroxyl groups excluding tert-OH is 1. The summed E-state index contributed by atoms with van der Waals surface area (Å²) in [6.45, 7) is 5.74. The van der Waals surface area contributed by atoms with Crippen LogP contribution in [0.3, 0.4) is 0 Å². The molecule has 2 aromatic rings. The number of carbonyl (C=O) groups is 1. The van der Waals surface area contributed by atoms with Crippen LogP contribution in [0.25, 0.3) is 0 Å². The predicted molar refractivity (Wildman–Crippen MR) is 149 cm³/mol. The number of nitrogens with zero attached hydrogens (tertiary/aromatic N) is 1. The molecule has 1 heterocycles. The van der Waals surface area contributed by atoms with E-state index in [9.17, 15) is 23.4 Å². The van der Waals surface area contributed by atoms with E-state index in [4.69, 9.17) is 23.2 Å². The van der Waals surface area contributed by atoms with Gasteiger partial charge in [-0.15, -0.1) is 0 Å². The molecule has 1 aliphatic heterocycles. The molecule has 4 unspecified atom stereocenters. The van der Waals surface area contributed by atoms with Crippen LogP contribution in [0.5, 0.6) is 0 Å².